The molecule has 0 aliphatic rings. The van der Waals surface area contributed by atoms with E-state index >= 15 is 0 Å². The van der Waals surface area contributed by atoms with Crippen LogP contribution in [0.15, 0.2) is 0 Å². The van der Waals surface area contributed by atoms with E-state index < -0.39 is 0 Å². The highest BCUT2D eigenvalue weighted by atomic mass is 16.5. The summed E-state index contributed by atoms with van der Waals surface area (Å²) < 4.78 is 4.81. The Morgan fingerprint density at radius 1 is 1.00 bits per heavy atom. The lowest BCUT2D eigenvalue weighted by Gasteiger charge is -1.98. The Kier molecular flexibility index (Phi) is 1.80. The maximum atomic E-state index is 4.81. The molecule has 0 spiro atoms. The molecule has 4 heteroatoms. The minimum atomic E-state index is 0.380. The Morgan fingerprint density at radius 3 is 1.90 bits per heavy atom. The summed E-state index contributed by atoms with van der Waals surface area (Å²) in [6, 6.07) is 0.380. The molecule has 0 saturated carbocycles. The van der Waals surface area contributed by atoms with Crippen molar-refractivity contribution in [3.8, 4) is 6.01 Å². The van der Waals surface area contributed by atoms with E-state index in [1.54, 1.807) is 13.8 Å². The Bertz CT molecular complexity index is 216. The third-order valence-electron chi connectivity index (χ3n) is 1.02. The van der Waals surface area contributed by atoms with Crippen LogP contribution >= 0.6 is 0 Å². The molecule has 10 heavy (non-hydrogen) atoms. The molecule has 0 atom stereocenters. The Labute approximate surface area is 59.3 Å². The van der Waals surface area contributed by atoms with Gasteiger partial charge in [0, 0.05) is 0 Å². The predicted octanol–water partition coefficient (Wildman–Crippen LogP) is 0.497. The zero-order valence-electron chi connectivity index (χ0n) is 6.25. The summed E-state index contributed by atoms with van der Waals surface area (Å²) in [6.45, 7) is 3.61. The quantitative estimate of drug-likeness (QED) is 0.568. The lowest BCUT2D eigenvalue weighted by Crippen LogP contribution is -1.99. The SMILES string of the molecule is COc1nc(C)nc(C)n1. The van der Waals surface area contributed by atoms with Crippen molar-refractivity contribution < 1.29 is 4.74 Å². The van der Waals surface area contributed by atoms with E-state index in [1.807, 2.05) is 0 Å². The molecule has 0 unspecified atom stereocenters. The summed E-state index contributed by atoms with van der Waals surface area (Å²) in [6.07, 6.45) is 0. The first-order valence-corrected chi connectivity index (χ1v) is 2.95. The summed E-state index contributed by atoms with van der Waals surface area (Å²) >= 11 is 0. The first kappa shape index (κ1) is 6.92. The third-order valence-corrected chi connectivity index (χ3v) is 1.02. The van der Waals surface area contributed by atoms with Crippen LogP contribution < -0.4 is 4.74 Å². The number of hydrogen-bond donors (Lipinski definition) is 0. The number of ether oxygens (including phenoxy) is 1. The minimum Gasteiger partial charge on any atom is -0.467 e. The fraction of sp³-hybridized carbons (Fsp3) is 0.500. The molecule has 0 aliphatic carbocycles. The topological polar surface area (TPSA) is 47.9 Å². The van der Waals surface area contributed by atoms with Crippen molar-refractivity contribution in [1.29, 1.82) is 0 Å². The van der Waals surface area contributed by atoms with E-state index in [1.165, 1.54) is 7.11 Å². The molecule has 0 radical (unpaired) electrons. The largest absolute Gasteiger partial charge is 0.467 e. The fourth-order valence-corrected chi connectivity index (χ4v) is 0.677. The van der Waals surface area contributed by atoms with Crippen LogP contribution in [-0.4, -0.2) is 22.1 Å². The number of hydrogen-bond acceptors (Lipinski definition) is 4. The van der Waals surface area contributed by atoms with Gasteiger partial charge >= 0.3 is 6.01 Å². The zero-order chi connectivity index (χ0) is 7.56. The van der Waals surface area contributed by atoms with Crippen molar-refractivity contribution in [2.24, 2.45) is 0 Å². The fourth-order valence-electron chi connectivity index (χ4n) is 0.677. The number of methoxy groups -OCH3 is 1. The van der Waals surface area contributed by atoms with Crippen molar-refractivity contribution in [3.63, 3.8) is 0 Å². The van der Waals surface area contributed by atoms with E-state index in [4.69, 9.17) is 4.74 Å². The average molecular weight is 139 g/mol. The Hall–Kier alpha value is -1.19. The van der Waals surface area contributed by atoms with E-state index in [0.717, 1.165) is 0 Å². The number of aromatic nitrogens is 3. The molecule has 0 N–H and O–H groups in total. The van der Waals surface area contributed by atoms with Crippen LogP contribution in [0.4, 0.5) is 0 Å². The van der Waals surface area contributed by atoms with Crippen molar-refractivity contribution in [3.05, 3.63) is 11.6 Å². The summed E-state index contributed by atoms with van der Waals surface area (Å²) in [5.41, 5.74) is 0. The highest BCUT2D eigenvalue weighted by Crippen LogP contribution is 2.00. The average Bonchev–Trinajstić information content (AvgIpc) is 1.85. The van der Waals surface area contributed by atoms with Gasteiger partial charge in [-0.25, -0.2) is 4.98 Å². The molecule has 0 bridgehead atoms. The van der Waals surface area contributed by atoms with Crippen LogP contribution in [0.25, 0.3) is 0 Å². The minimum absolute atomic E-state index is 0.380. The summed E-state index contributed by atoms with van der Waals surface area (Å²) in [5, 5.41) is 0. The van der Waals surface area contributed by atoms with Gasteiger partial charge in [0.2, 0.25) is 0 Å². The molecule has 0 fully saturated rings. The van der Waals surface area contributed by atoms with Gasteiger partial charge in [-0.2, -0.15) is 9.97 Å². The van der Waals surface area contributed by atoms with Gasteiger partial charge in [-0.3, -0.25) is 0 Å². The molecule has 0 amide bonds. The molecular formula is C6H9N3O. The highest BCUT2D eigenvalue weighted by Gasteiger charge is 1.97. The molecule has 0 aliphatic heterocycles. The maximum absolute atomic E-state index is 4.81. The lowest BCUT2D eigenvalue weighted by atomic mass is 10.6. The van der Waals surface area contributed by atoms with Crippen LogP contribution in [0.2, 0.25) is 0 Å². The molecular weight excluding hydrogens is 130 g/mol. The van der Waals surface area contributed by atoms with Gasteiger partial charge in [-0.1, -0.05) is 0 Å². The van der Waals surface area contributed by atoms with Crippen molar-refractivity contribution in [1.82, 2.24) is 15.0 Å². The second-order valence-corrected chi connectivity index (χ2v) is 1.92. The molecule has 1 aromatic heterocycles. The maximum Gasteiger partial charge on any atom is 0.319 e. The van der Waals surface area contributed by atoms with Crippen LogP contribution in [-0.2, 0) is 0 Å². The van der Waals surface area contributed by atoms with E-state index in [-0.39, 0.29) is 0 Å². The lowest BCUT2D eigenvalue weighted by molar-refractivity contribution is 0.375. The van der Waals surface area contributed by atoms with E-state index in [0.29, 0.717) is 17.7 Å². The van der Waals surface area contributed by atoms with Gasteiger partial charge in [0.15, 0.2) is 0 Å². The zero-order valence-corrected chi connectivity index (χ0v) is 6.25. The number of rotatable bonds is 1. The molecule has 54 valence electrons. The van der Waals surface area contributed by atoms with Crippen LogP contribution in [0.3, 0.4) is 0 Å². The van der Waals surface area contributed by atoms with Crippen LogP contribution in [0.5, 0.6) is 6.01 Å². The van der Waals surface area contributed by atoms with E-state index in [9.17, 15) is 0 Å². The van der Waals surface area contributed by atoms with Gasteiger partial charge < -0.3 is 4.74 Å². The van der Waals surface area contributed by atoms with Gasteiger partial charge in [-0.15, -0.1) is 0 Å². The monoisotopic (exact) mass is 139 g/mol. The first-order chi connectivity index (χ1) is 4.72. The van der Waals surface area contributed by atoms with Crippen molar-refractivity contribution >= 4 is 0 Å². The molecule has 1 aromatic rings. The summed E-state index contributed by atoms with van der Waals surface area (Å²) in [5.74, 6) is 1.37. The van der Waals surface area contributed by atoms with Gasteiger partial charge in [0.05, 0.1) is 7.11 Å². The predicted molar refractivity (Wildman–Crippen MR) is 35.9 cm³/mol. The highest BCUT2D eigenvalue weighted by molar-refractivity contribution is 4.98. The molecule has 1 rings (SSSR count). The standard InChI is InChI=1S/C6H9N3O/c1-4-7-5(2)9-6(8-4)10-3/h1-3H3. The van der Waals surface area contributed by atoms with Crippen molar-refractivity contribution in [2.45, 2.75) is 13.8 Å². The van der Waals surface area contributed by atoms with E-state index in [2.05, 4.69) is 15.0 Å². The van der Waals surface area contributed by atoms with Crippen LogP contribution in [0, 0.1) is 13.8 Å². The smallest absolute Gasteiger partial charge is 0.319 e. The number of nitrogens with zero attached hydrogens (tertiary/aromatic N) is 3. The summed E-state index contributed by atoms with van der Waals surface area (Å²) in [4.78, 5) is 11.8. The molecule has 1 heterocycles. The number of aryl methyl sites for hydroxylation is 2. The van der Waals surface area contributed by atoms with Crippen LogP contribution in [0.1, 0.15) is 11.6 Å². The van der Waals surface area contributed by atoms with Gasteiger partial charge in [0.1, 0.15) is 11.6 Å². The van der Waals surface area contributed by atoms with Gasteiger partial charge in [-0.05, 0) is 13.8 Å². The van der Waals surface area contributed by atoms with Crippen molar-refractivity contribution in [2.75, 3.05) is 7.11 Å². The molecule has 0 saturated heterocycles. The molecule has 0 aromatic carbocycles. The normalized spacial score (nSPS) is 9.50. The second kappa shape index (κ2) is 2.60. The second-order valence-electron chi connectivity index (χ2n) is 1.92. The molecule has 4 nitrogen and oxygen atoms in total. The third kappa shape index (κ3) is 1.40. The Morgan fingerprint density at radius 2 is 1.50 bits per heavy atom. The summed E-state index contributed by atoms with van der Waals surface area (Å²) in [7, 11) is 1.54. The Balaban J connectivity index is 3.06. The first-order valence-electron chi connectivity index (χ1n) is 2.95. The van der Waals surface area contributed by atoms with Gasteiger partial charge in [0.25, 0.3) is 0 Å².